The van der Waals surface area contributed by atoms with Crippen LogP contribution in [0.3, 0.4) is 0 Å². The quantitative estimate of drug-likeness (QED) is 0.811. The van der Waals surface area contributed by atoms with Gasteiger partial charge in [-0.25, -0.2) is 8.42 Å². The van der Waals surface area contributed by atoms with Gasteiger partial charge in [0.1, 0.15) is 0 Å². The van der Waals surface area contributed by atoms with E-state index in [1.807, 2.05) is 0 Å². The van der Waals surface area contributed by atoms with Crippen molar-refractivity contribution < 1.29 is 13.2 Å². The Bertz CT molecular complexity index is 387. The summed E-state index contributed by atoms with van der Waals surface area (Å²) in [6, 6.07) is 0. The van der Waals surface area contributed by atoms with Crippen LogP contribution < -0.4 is 5.32 Å². The maximum Gasteiger partial charge on any atom is 0.220 e. The van der Waals surface area contributed by atoms with Crippen LogP contribution in [0.1, 0.15) is 51.4 Å². The van der Waals surface area contributed by atoms with Gasteiger partial charge >= 0.3 is 0 Å². The van der Waals surface area contributed by atoms with Crippen LogP contribution in [0.2, 0.25) is 0 Å². The van der Waals surface area contributed by atoms with Gasteiger partial charge in [-0.1, -0.05) is 32.1 Å². The fraction of sp³-hybridized carbons (Fsp3) is 0.929. The molecule has 0 bridgehead atoms. The van der Waals surface area contributed by atoms with E-state index in [0.717, 1.165) is 12.3 Å². The summed E-state index contributed by atoms with van der Waals surface area (Å²) in [4.78, 5) is 11.6. The Morgan fingerprint density at radius 2 is 1.74 bits per heavy atom. The monoisotopic (exact) mass is 287 g/mol. The third-order valence-corrected chi connectivity index (χ3v) is 6.27. The lowest BCUT2D eigenvalue weighted by Crippen LogP contribution is -2.43. The van der Waals surface area contributed by atoms with Gasteiger partial charge in [0, 0.05) is 18.9 Å². The Morgan fingerprint density at radius 1 is 1.05 bits per heavy atom. The lowest BCUT2D eigenvalue weighted by Gasteiger charge is -2.25. The van der Waals surface area contributed by atoms with Gasteiger partial charge in [-0.05, 0) is 18.8 Å². The standard InChI is InChI=1S/C14H25NO3S/c16-14(15-9-13-10-19(17,18)11-13)8-4-7-12-5-2-1-3-6-12/h12-13H,1-11H2,(H,15,16). The molecule has 1 N–H and O–H groups in total. The van der Waals surface area contributed by atoms with Crippen molar-refractivity contribution in [3.8, 4) is 0 Å². The smallest absolute Gasteiger partial charge is 0.220 e. The SMILES string of the molecule is O=C(CCCC1CCCCC1)NCC1CS(=O)(=O)C1. The molecule has 1 heterocycles. The van der Waals surface area contributed by atoms with Crippen molar-refractivity contribution in [2.45, 2.75) is 51.4 Å². The summed E-state index contributed by atoms with van der Waals surface area (Å²) in [5, 5.41) is 2.86. The number of carbonyl (C=O) groups excluding carboxylic acids is 1. The van der Waals surface area contributed by atoms with E-state index in [-0.39, 0.29) is 23.3 Å². The molecule has 1 saturated heterocycles. The maximum atomic E-state index is 11.6. The molecule has 2 fully saturated rings. The summed E-state index contributed by atoms with van der Waals surface area (Å²) >= 11 is 0. The molecule has 0 aromatic carbocycles. The number of carbonyl (C=O) groups is 1. The third-order valence-electron chi connectivity index (χ3n) is 4.31. The maximum absolute atomic E-state index is 11.6. The van der Waals surface area contributed by atoms with Gasteiger partial charge in [0.2, 0.25) is 5.91 Å². The number of sulfone groups is 1. The lowest BCUT2D eigenvalue weighted by molar-refractivity contribution is -0.121. The predicted molar refractivity (Wildman–Crippen MR) is 75.6 cm³/mol. The molecule has 2 aliphatic rings. The molecule has 1 aliphatic heterocycles. The zero-order valence-corrected chi connectivity index (χ0v) is 12.4. The van der Waals surface area contributed by atoms with E-state index in [2.05, 4.69) is 5.32 Å². The largest absolute Gasteiger partial charge is 0.356 e. The van der Waals surface area contributed by atoms with Crippen molar-refractivity contribution in [3.05, 3.63) is 0 Å². The van der Waals surface area contributed by atoms with Gasteiger partial charge in [-0.3, -0.25) is 4.79 Å². The molecule has 0 radical (unpaired) electrons. The minimum Gasteiger partial charge on any atom is -0.356 e. The van der Waals surface area contributed by atoms with Gasteiger partial charge in [0.05, 0.1) is 11.5 Å². The molecular weight excluding hydrogens is 262 g/mol. The Hall–Kier alpha value is -0.580. The average Bonchev–Trinajstić information content (AvgIpc) is 2.35. The lowest BCUT2D eigenvalue weighted by atomic mass is 9.86. The summed E-state index contributed by atoms with van der Waals surface area (Å²) in [7, 11) is -2.76. The Morgan fingerprint density at radius 3 is 2.37 bits per heavy atom. The van der Waals surface area contributed by atoms with E-state index in [1.54, 1.807) is 0 Å². The highest BCUT2D eigenvalue weighted by molar-refractivity contribution is 7.92. The first kappa shape index (κ1) is 14.8. The van der Waals surface area contributed by atoms with Crippen molar-refractivity contribution in [3.63, 3.8) is 0 Å². The molecule has 110 valence electrons. The van der Waals surface area contributed by atoms with E-state index < -0.39 is 9.84 Å². The van der Waals surface area contributed by atoms with Crippen molar-refractivity contribution in [1.29, 1.82) is 0 Å². The average molecular weight is 287 g/mol. The topological polar surface area (TPSA) is 63.2 Å². The fourth-order valence-corrected chi connectivity index (χ4v) is 4.74. The highest BCUT2D eigenvalue weighted by Crippen LogP contribution is 2.27. The first-order valence-electron chi connectivity index (χ1n) is 7.52. The third kappa shape index (κ3) is 5.13. The first-order valence-corrected chi connectivity index (χ1v) is 9.34. The van der Waals surface area contributed by atoms with Gasteiger partial charge in [0.15, 0.2) is 9.84 Å². The molecule has 0 spiro atoms. The van der Waals surface area contributed by atoms with Crippen molar-refractivity contribution >= 4 is 15.7 Å². The second-order valence-electron chi connectivity index (χ2n) is 6.14. The summed E-state index contributed by atoms with van der Waals surface area (Å²) in [6.07, 6.45) is 9.49. The normalized spacial score (nSPS) is 23.8. The number of hydrogen-bond acceptors (Lipinski definition) is 3. The van der Waals surface area contributed by atoms with Crippen LogP contribution in [0.5, 0.6) is 0 Å². The van der Waals surface area contributed by atoms with Crippen LogP contribution in [0.25, 0.3) is 0 Å². The molecular formula is C14H25NO3S. The highest BCUT2D eigenvalue weighted by Gasteiger charge is 2.33. The zero-order chi connectivity index (χ0) is 13.7. The molecule has 5 heteroatoms. The van der Waals surface area contributed by atoms with E-state index in [1.165, 1.54) is 38.5 Å². The Kier molecular flexibility index (Phi) is 5.25. The molecule has 1 saturated carbocycles. The van der Waals surface area contributed by atoms with Crippen molar-refractivity contribution in [2.75, 3.05) is 18.1 Å². The summed E-state index contributed by atoms with van der Waals surface area (Å²) < 4.78 is 22.0. The molecule has 1 amide bonds. The molecule has 1 aliphatic carbocycles. The first-order chi connectivity index (χ1) is 9.05. The second kappa shape index (κ2) is 6.73. The number of rotatable bonds is 6. The van der Waals surface area contributed by atoms with Crippen molar-refractivity contribution in [2.24, 2.45) is 11.8 Å². The van der Waals surface area contributed by atoms with E-state index in [9.17, 15) is 13.2 Å². The van der Waals surface area contributed by atoms with E-state index >= 15 is 0 Å². The molecule has 0 atom stereocenters. The Labute approximate surface area is 116 Å². The summed E-state index contributed by atoms with van der Waals surface area (Å²) in [5.41, 5.74) is 0. The highest BCUT2D eigenvalue weighted by atomic mass is 32.2. The number of amides is 1. The molecule has 0 unspecified atom stereocenters. The van der Waals surface area contributed by atoms with Crippen LogP contribution in [-0.4, -0.2) is 32.4 Å². The molecule has 2 rings (SSSR count). The van der Waals surface area contributed by atoms with Crippen LogP contribution in [0, 0.1) is 11.8 Å². The fourth-order valence-electron chi connectivity index (χ4n) is 3.16. The predicted octanol–water partition coefficient (Wildman–Crippen LogP) is 1.90. The van der Waals surface area contributed by atoms with Crippen LogP contribution >= 0.6 is 0 Å². The van der Waals surface area contributed by atoms with E-state index in [4.69, 9.17) is 0 Å². The van der Waals surface area contributed by atoms with Crippen LogP contribution in [0.4, 0.5) is 0 Å². The van der Waals surface area contributed by atoms with Gasteiger partial charge in [-0.15, -0.1) is 0 Å². The Balaban J connectivity index is 1.50. The van der Waals surface area contributed by atoms with Crippen LogP contribution in [-0.2, 0) is 14.6 Å². The molecule has 19 heavy (non-hydrogen) atoms. The minimum atomic E-state index is -2.76. The van der Waals surface area contributed by atoms with Crippen molar-refractivity contribution in [1.82, 2.24) is 5.32 Å². The molecule has 4 nitrogen and oxygen atoms in total. The van der Waals surface area contributed by atoms with Crippen LogP contribution in [0.15, 0.2) is 0 Å². The van der Waals surface area contributed by atoms with Gasteiger partial charge in [0.25, 0.3) is 0 Å². The summed E-state index contributed by atoms with van der Waals surface area (Å²) in [6.45, 7) is 0.529. The van der Waals surface area contributed by atoms with Gasteiger partial charge < -0.3 is 5.32 Å². The van der Waals surface area contributed by atoms with Gasteiger partial charge in [-0.2, -0.15) is 0 Å². The molecule has 0 aromatic rings. The zero-order valence-electron chi connectivity index (χ0n) is 11.6. The summed E-state index contributed by atoms with van der Waals surface area (Å²) in [5.74, 6) is 1.55. The number of hydrogen-bond donors (Lipinski definition) is 1. The second-order valence-corrected chi connectivity index (χ2v) is 8.30. The van der Waals surface area contributed by atoms with E-state index in [0.29, 0.717) is 13.0 Å². The molecule has 0 aromatic heterocycles. The minimum absolute atomic E-state index is 0.0834. The number of nitrogens with one attached hydrogen (secondary N) is 1.